The third kappa shape index (κ3) is 2.80. The monoisotopic (exact) mass is 273 g/mol. The van der Waals surface area contributed by atoms with Crippen LogP contribution in [0.1, 0.15) is 29.6 Å². The Balaban J connectivity index is 1.81. The molecular formula is C14H19N5O. The lowest BCUT2D eigenvalue weighted by Gasteiger charge is -2.19. The molecule has 0 bridgehead atoms. The van der Waals surface area contributed by atoms with Crippen LogP contribution in [-0.2, 0) is 11.3 Å². The Labute approximate surface area is 118 Å². The first kappa shape index (κ1) is 13.1. The molecule has 1 aliphatic rings. The Bertz CT molecular complexity index is 563. The van der Waals surface area contributed by atoms with Gasteiger partial charge >= 0.3 is 0 Å². The van der Waals surface area contributed by atoms with E-state index in [1.807, 2.05) is 20.0 Å². The van der Waals surface area contributed by atoms with E-state index in [1.54, 1.807) is 6.20 Å². The predicted octanol–water partition coefficient (Wildman–Crippen LogP) is 1.65. The van der Waals surface area contributed by atoms with Gasteiger partial charge in [0.1, 0.15) is 11.6 Å². The Kier molecular flexibility index (Phi) is 3.64. The number of hydrogen-bond acceptors (Lipinski definition) is 5. The molecule has 6 nitrogen and oxygen atoms in total. The molecule has 2 aromatic heterocycles. The third-order valence-corrected chi connectivity index (χ3v) is 3.55. The maximum absolute atomic E-state index is 5.45. The summed E-state index contributed by atoms with van der Waals surface area (Å²) in [5.41, 5.74) is 2.15. The summed E-state index contributed by atoms with van der Waals surface area (Å²) in [5.74, 6) is 2.14. The van der Waals surface area contributed by atoms with Gasteiger partial charge in [0.2, 0.25) is 0 Å². The molecule has 0 saturated carbocycles. The van der Waals surface area contributed by atoms with Crippen molar-refractivity contribution in [3.05, 3.63) is 35.5 Å². The summed E-state index contributed by atoms with van der Waals surface area (Å²) in [5, 5.41) is 6.93. The zero-order chi connectivity index (χ0) is 13.9. The normalized spacial score (nSPS) is 18.4. The number of hydrogen-bond donors (Lipinski definition) is 1. The van der Waals surface area contributed by atoms with Crippen LogP contribution in [0.3, 0.4) is 0 Å². The fourth-order valence-corrected chi connectivity index (χ4v) is 2.46. The highest BCUT2D eigenvalue weighted by Crippen LogP contribution is 2.26. The fraction of sp³-hybridized carbons (Fsp3) is 0.500. The minimum absolute atomic E-state index is 0.399. The van der Waals surface area contributed by atoms with Gasteiger partial charge in [-0.1, -0.05) is 0 Å². The van der Waals surface area contributed by atoms with Gasteiger partial charge in [-0.25, -0.2) is 9.97 Å². The van der Waals surface area contributed by atoms with Crippen LogP contribution in [0.4, 0.5) is 5.82 Å². The molecular weight excluding hydrogens is 254 g/mol. The molecule has 0 aliphatic carbocycles. The summed E-state index contributed by atoms with van der Waals surface area (Å²) in [7, 11) is 2.03. The molecule has 3 rings (SSSR count). The van der Waals surface area contributed by atoms with E-state index in [0.29, 0.717) is 5.92 Å². The van der Waals surface area contributed by atoms with Crippen molar-refractivity contribution in [2.45, 2.75) is 25.8 Å². The van der Waals surface area contributed by atoms with Crippen LogP contribution in [0, 0.1) is 6.92 Å². The number of aryl methyl sites for hydroxylation is 1. The van der Waals surface area contributed by atoms with Crippen molar-refractivity contribution in [2.24, 2.45) is 0 Å². The van der Waals surface area contributed by atoms with E-state index >= 15 is 0 Å². The molecule has 106 valence electrons. The Morgan fingerprint density at radius 1 is 1.45 bits per heavy atom. The summed E-state index contributed by atoms with van der Waals surface area (Å²) in [4.78, 5) is 11.2. The van der Waals surface area contributed by atoms with E-state index in [-0.39, 0.29) is 0 Å². The van der Waals surface area contributed by atoms with Gasteiger partial charge in [0, 0.05) is 31.8 Å². The van der Waals surface area contributed by atoms with E-state index < -0.39 is 0 Å². The van der Waals surface area contributed by atoms with Crippen LogP contribution in [-0.4, -0.2) is 40.4 Å². The Morgan fingerprint density at radius 3 is 3.05 bits per heavy atom. The number of rotatable bonds is 4. The standard InChI is InChI=1S/C14H19N5O/c1-10-16-13(11-4-6-20-9-11)7-14(17-10)19(2)8-12-3-5-15-18-12/h3,5,7,11H,4,6,8-9H2,1-2H3,(H,15,18)/t11-/m1/s1. The SMILES string of the molecule is Cc1nc([C@@H]2CCOC2)cc(N(C)Cc2ccn[nH]2)n1. The minimum Gasteiger partial charge on any atom is -0.381 e. The summed E-state index contributed by atoms with van der Waals surface area (Å²) in [6, 6.07) is 4.04. The van der Waals surface area contributed by atoms with Gasteiger partial charge in [-0.2, -0.15) is 5.10 Å². The molecule has 0 unspecified atom stereocenters. The minimum atomic E-state index is 0.399. The van der Waals surface area contributed by atoms with Crippen LogP contribution in [0.5, 0.6) is 0 Å². The molecule has 2 aromatic rings. The summed E-state index contributed by atoms with van der Waals surface area (Å²) >= 11 is 0. The van der Waals surface area contributed by atoms with Gasteiger partial charge < -0.3 is 9.64 Å². The molecule has 3 heterocycles. The van der Waals surface area contributed by atoms with Gasteiger partial charge in [-0.15, -0.1) is 0 Å². The molecule has 6 heteroatoms. The average Bonchev–Trinajstić information content (AvgIpc) is 3.11. The highest BCUT2D eigenvalue weighted by atomic mass is 16.5. The van der Waals surface area contributed by atoms with Crippen molar-refractivity contribution in [2.75, 3.05) is 25.2 Å². The molecule has 1 fully saturated rings. The lowest BCUT2D eigenvalue weighted by molar-refractivity contribution is 0.193. The van der Waals surface area contributed by atoms with Crippen LogP contribution < -0.4 is 4.90 Å². The first-order valence-corrected chi connectivity index (χ1v) is 6.85. The van der Waals surface area contributed by atoms with E-state index in [2.05, 4.69) is 31.1 Å². The largest absolute Gasteiger partial charge is 0.381 e. The van der Waals surface area contributed by atoms with Gasteiger partial charge in [0.25, 0.3) is 0 Å². The van der Waals surface area contributed by atoms with Gasteiger partial charge in [0.15, 0.2) is 0 Å². The number of H-pyrrole nitrogens is 1. The van der Waals surface area contributed by atoms with Crippen molar-refractivity contribution in [1.29, 1.82) is 0 Å². The summed E-state index contributed by atoms with van der Waals surface area (Å²) in [6.45, 7) is 4.27. The number of nitrogens with zero attached hydrogens (tertiary/aromatic N) is 4. The Morgan fingerprint density at radius 2 is 2.35 bits per heavy atom. The van der Waals surface area contributed by atoms with E-state index in [4.69, 9.17) is 4.74 Å². The van der Waals surface area contributed by atoms with E-state index in [0.717, 1.165) is 49.2 Å². The first-order valence-electron chi connectivity index (χ1n) is 6.85. The van der Waals surface area contributed by atoms with Crippen molar-refractivity contribution < 1.29 is 4.74 Å². The smallest absolute Gasteiger partial charge is 0.132 e. The zero-order valence-electron chi connectivity index (χ0n) is 11.8. The number of aromatic nitrogens is 4. The van der Waals surface area contributed by atoms with Crippen LogP contribution in [0.15, 0.2) is 18.3 Å². The molecule has 0 spiro atoms. The van der Waals surface area contributed by atoms with Crippen LogP contribution in [0.2, 0.25) is 0 Å². The number of anilines is 1. The topological polar surface area (TPSA) is 66.9 Å². The van der Waals surface area contributed by atoms with Crippen LogP contribution >= 0.6 is 0 Å². The molecule has 1 N–H and O–H groups in total. The molecule has 20 heavy (non-hydrogen) atoms. The second kappa shape index (κ2) is 5.58. The molecule has 0 radical (unpaired) electrons. The number of nitrogens with one attached hydrogen (secondary N) is 1. The molecule has 0 amide bonds. The van der Waals surface area contributed by atoms with Gasteiger partial charge in [0.05, 0.1) is 24.5 Å². The zero-order valence-corrected chi connectivity index (χ0v) is 11.8. The van der Waals surface area contributed by atoms with E-state index in [1.165, 1.54) is 0 Å². The lowest BCUT2D eigenvalue weighted by atomic mass is 10.0. The highest BCUT2D eigenvalue weighted by Gasteiger charge is 2.20. The predicted molar refractivity (Wildman–Crippen MR) is 75.6 cm³/mol. The number of ether oxygens (including phenoxy) is 1. The summed E-state index contributed by atoms with van der Waals surface area (Å²) in [6.07, 6.45) is 2.80. The van der Waals surface area contributed by atoms with Crippen molar-refractivity contribution in [3.63, 3.8) is 0 Å². The van der Waals surface area contributed by atoms with E-state index in [9.17, 15) is 0 Å². The molecule has 1 saturated heterocycles. The van der Waals surface area contributed by atoms with Crippen LogP contribution in [0.25, 0.3) is 0 Å². The number of aromatic amines is 1. The third-order valence-electron chi connectivity index (χ3n) is 3.55. The van der Waals surface area contributed by atoms with Crippen molar-refractivity contribution in [3.8, 4) is 0 Å². The molecule has 1 atom stereocenters. The second-order valence-corrected chi connectivity index (χ2v) is 5.20. The summed E-state index contributed by atoms with van der Waals surface area (Å²) < 4.78 is 5.45. The second-order valence-electron chi connectivity index (χ2n) is 5.20. The average molecular weight is 273 g/mol. The first-order chi connectivity index (χ1) is 9.72. The van der Waals surface area contributed by atoms with Crippen molar-refractivity contribution >= 4 is 5.82 Å². The maximum atomic E-state index is 5.45. The lowest BCUT2D eigenvalue weighted by Crippen LogP contribution is -2.19. The van der Waals surface area contributed by atoms with Gasteiger partial charge in [-0.05, 0) is 19.4 Å². The molecule has 0 aromatic carbocycles. The van der Waals surface area contributed by atoms with Gasteiger partial charge in [-0.3, -0.25) is 5.10 Å². The Hall–Kier alpha value is -1.95. The molecule has 1 aliphatic heterocycles. The fourth-order valence-electron chi connectivity index (χ4n) is 2.46. The highest BCUT2D eigenvalue weighted by molar-refractivity contribution is 5.40. The van der Waals surface area contributed by atoms with Crippen molar-refractivity contribution in [1.82, 2.24) is 20.2 Å². The maximum Gasteiger partial charge on any atom is 0.132 e. The quantitative estimate of drug-likeness (QED) is 0.917.